The quantitative estimate of drug-likeness (QED) is 0.456. The molecule has 15 heavy (non-hydrogen) atoms. The molecule has 0 aliphatic rings. The summed E-state index contributed by atoms with van der Waals surface area (Å²) in [6.45, 7) is 1.71. The molecule has 0 bridgehead atoms. The van der Waals surface area contributed by atoms with E-state index in [-0.39, 0.29) is 5.82 Å². The first-order valence-corrected chi connectivity index (χ1v) is 4.83. The van der Waals surface area contributed by atoms with Crippen LogP contribution in [-0.2, 0) is 0 Å². The molecule has 1 rings (SSSR count). The molecule has 0 radical (unpaired) electrons. The molecule has 3 nitrogen and oxygen atoms in total. The lowest BCUT2D eigenvalue weighted by molar-refractivity contribution is 0.625. The molecule has 5 heteroatoms. The van der Waals surface area contributed by atoms with Crippen molar-refractivity contribution in [2.24, 2.45) is 5.10 Å². The molecule has 0 amide bonds. The van der Waals surface area contributed by atoms with Crippen molar-refractivity contribution in [3.8, 4) is 0 Å². The molecule has 0 aliphatic carbocycles. The highest BCUT2D eigenvalue weighted by Gasteiger charge is 2.03. The second-order valence-corrected chi connectivity index (χ2v) is 3.28. The van der Waals surface area contributed by atoms with E-state index in [4.69, 9.17) is 12.2 Å². The highest BCUT2D eigenvalue weighted by atomic mass is 32.1. The first-order chi connectivity index (χ1) is 7.15. The minimum absolute atomic E-state index is 0.295. The number of nitrogens with zero attached hydrogens (tertiary/aromatic N) is 1. The van der Waals surface area contributed by atoms with Gasteiger partial charge in [-0.3, -0.25) is 5.43 Å². The van der Waals surface area contributed by atoms with Gasteiger partial charge in [0.25, 0.3) is 0 Å². The Hall–Kier alpha value is -1.49. The van der Waals surface area contributed by atoms with Crippen LogP contribution in [0.15, 0.2) is 29.4 Å². The second-order valence-electron chi connectivity index (χ2n) is 2.87. The average molecular weight is 225 g/mol. The molecule has 0 saturated heterocycles. The molecule has 0 fully saturated rings. The maximum atomic E-state index is 13.3. The van der Waals surface area contributed by atoms with Crippen molar-refractivity contribution in [3.05, 3.63) is 35.6 Å². The summed E-state index contributed by atoms with van der Waals surface area (Å²) in [5.41, 5.74) is 3.61. The SMILES string of the molecule is CNC(=S)N/N=C(\C)c1ccccc1F. The van der Waals surface area contributed by atoms with Gasteiger partial charge in [0.05, 0.1) is 5.71 Å². The average Bonchev–Trinajstić information content (AvgIpc) is 2.26. The van der Waals surface area contributed by atoms with E-state index >= 15 is 0 Å². The molecular weight excluding hydrogens is 213 g/mol. The van der Waals surface area contributed by atoms with Crippen molar-refractivity contribution in [2.45, 2.75) is 6.92 Å². The van der Waals surface area contributed by atoms with Crippen molar-refractivity contribution in [1.82, 2.24) is 10.7 Å². The number of hydrogen-bond donors (Lipinski definition) is 2. The number of benzene rings is 1. The van der Waals surface area contributed by atoms with Crippen LogP contribution in [0.2, 0.25) is 0 Å². The fraction of sp³-hybridized carbons (Fsp3) is 0.200. The van der Waals surface area contributed by atoms with Gasteiger partial charge in [0.2, 0.25) is 0 Å². The molecule has 0 aliphatic heterocycles. The van der Waals surface area contributed by atoms with Crippen LogP contribution in [0, 0.1) is 5.82 Å². The van der Waals surface area contributed by atoms with E-state index in [1.165, 1.54) is 6.07 Å². The largest absolute Gasteiger partial charge is 0.364 e. The van der Waals surface area contributed by atoms with Crippen LogP contribution in [0.1, 0.15) is 12.5 Å². The van der Waals surface area contributed by atoms with Crippen LogP contribution in [0.25, 0.3) is 0 Å². The second kappa shape index (κ2) is 5.41. The maximum absolute atomic E-state index is 13.3. The summed E-state index contributed by atoms with van der Waals surface area (Å²) >= 11 is 4.83. The zero-order valence-electron chi connectivity index (χ0n) is 8.54. The predicted molar refractivity (Wildman–Crippen MR) is 63.4 cm³/mol. The number of thiocarbonyl (C=S) groups is 1. The van der Waals surface area contributed by atoms with Crippen LogP contribution < -0.4 is 10.7 Å². The van der Waals surface area contributed by atoms with Crippen molar-refractivity contribution < 1.29 is 4.39 Å². The van der Waals surface area contributed by atoms with Gasteiger partial charge in [-0.05, 0) is 25.2 Å². The summed E-state index contributed by atoms with van der Waals surface area (Å²) < 4.78 is 13.3. The molecule has 1 aromatic carbocycles. The van der Waals surface area contributed by atoms with Crippen molar-refractivity contribution in [2.75, 3.05) is 7.05 Å². The molecule has 0 heterocycles. The Labute approximate surface area is 93.4 Å². The fourth-order valence-corrected chi connectivity index (χ4v) is 1.05. The minimum Gasteiger partial charge on any atom is -0.364 e. The van der Waals surface area contributed by atoms with Crippen LogP contribution in [0.5, 0.6) is 0 Å². The highest BCUT2D eigenvalue weighted by Crippen LogP contribution is 2.06. The van der Waals surface area contributed by atoms with E-state index in [1.54, 1.807) is 32.2 Å². The zero-order chi connectivity index (χ0) is 11.3. The standard InChI is InChI=1S/C10H12FN3S/c1-7(13-14-10(15)12-2)8-5-3-4-6-9(8)11/h3-6H,1-2H3,(H2,12,14,15)/b13-7+. The topological polar surface area (TPSA) is 36.4 Å². The Bertz CT molecular complexity index is 390. The number of rotatable bonds is 2. The summed E-state index contributed by atoms with van der Waals surface area (Å²) in [6.07, 6.45) is 0. The minimum atomic E-state index is -0.295. The number of halogens is 1. The molecule has 0 atom stereocenters. The van der Waals surface area contributed by atoms with Gasteiger partial charge < -0.3 is 5.32 Å². The van der Waals surface area contributed by atoms with Gasteiger partial charge in [-0.15, -0.1) is 0 Å². The lowest BCUT2D eigenvalue weighted by atomic mass is 10.1. The van der Waals surface area contributed by atoms with Gasteiger partial charge in [0.1, 0.15) is 5.82 Å². The summed E-state index contributed by atoms with van der Waals surface area (Å²) in [5.74, 6) is -0.295. The van der Waals surface area contributed by atoms with Crippen LogP contribution in [0.4, 0.5) is 4.39 Å². The molecule has 1 aromatic rings. The Morgan fingerprint density at radius 2 is 2.07 bits per heavy atom. The smallest absolute Gasteiger partial charge is 0.186 e. The summed E-state index contributed by atoms with van der Waals surface area (Å²) in [5, 5.41) is 7.05. The predicted octanol–water partition coefficient (Wildman–Crippen LogP) is 1.64. The number of hydrogen-bond acceptors (Lipinski definition) is 2. The Morgan fingerprint density at radius 3 is 2.67 bits per heavy atom. The summed E-state index contributed by atoms with van der Waals surface area (Å²) in [7, 11) is 1.68. The Kier molecular flexibility index (Phi) is 4.17. The highest BCUT2D eigenvalue weighted by molar-refractivity contribution is 7.80. The van der Waals surface area contributed by atoms with Gasteiger partial charge >= 0.3 is 0 Å². The van der Waals surface area contributed by atoms with E-state index in [0.29, 0.717) is 16.4 Å². The first-order valence-electron chi connectivity index (χ1n) is 4.42. The van der Waals surface area contributed by atoms with Gasteiger partial charge in [-0.25, -0.2) is 4.39 Å². The lowest BCUT2D eigenvalue weighted by Crippen LogP contribution is -2.29. The van der Waals surface area contributed by atoms with E-state index in [9.17, 15) is 4.39 Å². The van der Waals surface area contributed by atoms with Crippen LogP contribution in [0.3, 0.4) is 0 Å². The van der Waals surface area contributed by atoms with Gasteiger partial charge in [0.15, 0.2) is 5.11 Å². The van der Waals surface area contributed by atoms with E-state index in [2.05, 4.69) is 15.8 Å². The third-order valence-corrected chi connectivity index (χ3v) is 2.11. The Morgan fingerprint density at radius 1 is 1.40 bits per heavy atom. The summed E-state index contributed by atoms with van der Waals surface area (Å²) in [4.78, 5) is 0. The first kappa shape index (κ1) is 11.6. The molecule has 0 unspecified atom stereocenters. The van der Waals surface area contributed by atoms with Gasteiger partial charge in [-0.2, -0.15) is 5.10 Å². The van der Waals surface area contributed by atoms with Crippen molar-refractivity contribution in [1.29, 1.82) is 0 Å². The van der Waals surface area contributed by atoms with Crippen LogP contribution >= 0.6 is 12.2 Å². The summed E-state index contributed by atoms with van der Waals surface area (Å²) in [6, 6.07) is 6.45. The van der Waals surface area contributed by atoms with Crippen LogP contribution in [-0.4, -0.2) is 17.9 Å². The monoisotopic (exact) mass is 225 g/mol. The molecule has 0 spiro atoms. The third kappa shape index (κ3) is 3.28. The van der Waals surface area contributed by atoms with E-state index < -0.39 is 0 Å². The molecule has 2 N–H and O–H groups in total. The third-order valence-electron chi connectivity index (χ3n) is 1.82. The zero-order valence-corrected chi connectivity index (χ0v) is 9.36. The van der Waals surface area contributed by atoms with Gasteiger partial charge in [-0.1, -0.05) is 18.2 Å². The normalized spacial score (nSPS) is 11.0. The lowest BCUT2D eigenvalue weighted by Gasteiger charge is -2.04. The molecular formula is C10H12FN3S. The molecule has 80 valence electrons. The van der Waals surface area contributed by atoms with E-state index in [1.807, 2.05) is 0 Å². The van der Waals surface area contributed by atoms with E-state index in [0.717, 1.165) is 0 Å². The van der Waals surface area contributed by atoms with Crippen molar-refractivity contribution >= 4 is 23.0 Å². The fourth-order valence-electron chi connectivity index (χ4n) is 1.01. The molecule has 0 aromatic heterocycles. The maximum Gasteiger partial charge on any atom is 0.186 e. The van der Waals surface area contributed by atoms with Crippen molar-refractivity contribution in [3.63, 3.8) is 0 Å². The number of nitrogens with one attached hydrogen (secondary N) is 2. The Balaban J connectivity index is 2.80. The molecule has 0 saturated carbocycles. The van der Waals surface area contributed by atoms with Gasteiger partial charge in [0, 0.05) is 12.6 Å². The number of hydrazone groups is 1.